The number of furan rings is 1. The van der Waals surface area contributed by atoms with Gasteiger partial charge in [0.05, 0.1) is 32.5 Å². The minimum absolute atomic E-state index is 0.00565. The average Bonchev–Trinajstić information content (AvgIpc) is 2.81. The Morgan fingerprint density at radius 1 is 1.40 bits per heavy atom. The summed E-state index contributed by atoms with van der Waals surface area (Å²) in [5, 5.41) is 12.3. The highest BCUT2D eigenvalue weighted by molar-refractivity contribution is 5.87. The predicted octanol–water partition coefficient (Wildman–Crippen LogP) is 1.41. The molecule has 0 saturated heterocycles. The van der Waals surface area contributed by atoms with Crippen LogP contribution in [0.15, 0.2) is 28.9 Å². The number of fused-ring (bicyclic) bond motifs is 1. The number of carbonyl (C=O) groups is 1. The number of benzene rings is 1. The molecular weight excluding hydrogens is 258 g/mol. The summed E-state index contributed by atoms with van der Waals surface area (Å²) in [5.41, 5.74) is 2.82. The van der Waals surface area contributed by atoms with E-state index in [9.17, 15) is 4.79 Å². The van der Waals surface area contributed by atoms with Gasteiger partial charge < -0.3 is 19.6 Å². The van der Waals surface area contributed by atoms with Crippen LogP contribution in [0.4, 0.5) is 0 Å². The standard InChI is InChI=1S/C15H19NO4/c1-11-2-3-14-13(8-11)12(10-20-14)9-15(18)16-4-6-19-7-5-17/h2-3,8,10,17H,4-7,9H2,1H3,(H,16,18). The van der Waals surface area contributed by atoms with Crippen LogP contribution in [0.25, 0.3) is 11.0 Å². The lowest BCUT2D eigenvalue weighted by molar-refractivity contribution is -0.120. The lowest BCUT2D eigenvalue weighted by Gasteiger charge is -2.05. The van der Waals surface area contributed by atoms with Gasteiger partial charge in [-0.15, -0.1) is 0 Å². The molecule has 0 atom stereocenters. The Balaban J connectivity index is 1.88. The lowest BCUT2D eigenvalue weighted by Crippen LogP contribution is -2.28. The monoisotopic (exact) mass is 277 g/mol. The second-order valence-corrected chi connectivity index (χ2v) is 4.62. The SMILES string of the molecule is Cc1ccc2occ(CC(=O)NCCOCCO)c2c1. The fraction of sp³-hybridized carbons (Fsp3) is 0.400. The molecule has 0 fully saturated rings. The number of amides is 1. The van der Waals surface area contributed by atoms with Crippen molar-refractivity contribution in [2.75, 3.05) is 26.4 Å². The second-order valence-electron chi connectivity index (χ2n) is 4.62. The van der Waals surface area contributed by atoms with E-state index < -0.39 is 0 Å². The van der Waals surface area contributed by atoms with Crippen LogP contribution in [0.2, 0.25) is 0 Å². The molecule has 2 N–H and O–H groups in total. The van der Waals surface area contributed by atoms with Crippen LogP contribution in [0.1, 0.15) is 11.1 Å². The number of aliphatic hydroxyl groups excluding tert-OH is 1. The van der Waals surface area contributed by atoms with Crippen LogP contribution < -0.4 is 5.32 Å². The van der Waals surface area contributed by atoms with E-state index in [4.69, 9.17) is 14.3 Å². The fourth-order valence-electron chi connectivity index (χ4n) is 2.00. The van der Waals surface area contributed by atoms with Gasteiger partial charge in [-0.25, -0.2) is 0 Å². The fourth-order valence-corrected chi connectivity index (χ4v) is 2.00. The van der Waals surface area contributed by atoms with Crippen molar-refractivity contribution in [1.82, 2.24) is 5.32 Å². The molecule has 0 radical (unpaired) electrons. The summed E-state index contributed by atoms with van der Waals surface area (Å²) in [6.45, 7) is 3.13. The summed E-state index contributed by atoms with van der Waals surface area (Å²) in [7, 11) is 0. The number of hydrogen-bond donors (Lipinski definition) is 2. The number of carbonyl (C=O) groups excluding carboxylic acids is 1. The lowest BCUT2D eigenvalue weighted by atomic mass is 10.1. The molecule has 5 heteroatoms. The largest absolute Gasteiger partial charge is 0.464 e. The van der Waals surface area contributed by atoms with E-state index in [0.717, 1.165) is 22.1 Å². The number of aliphatic hydroxyl groups is 1. The van der Waals surface area contributed by atoms with Crippen molar-refractivity contribution in [3.05, 3.63) is 35.6 Å². The quantitative estimate of drug-likeness (QED) is 0.751. The first-order chi connectivity index (χ1) is 9.70. The van der Waals surface area contributed by atoms with Crippen LogP contribution in [0, 0.1) is 6.92 Å². The molecular formula is C15H19NO4. The van der Waals surface area contributed by atoms with Gasteiger partial charge >= 0.3 is 0 Å². The Morgan fingerprint density at radius 3 is 3.05 bits per heavy atom. The highest BCUT2D eigenvalue weighted by Gasteiger charge is 2.10. The Labute approximate surface area is 117 Å². The minimum atomic E-state index is -0.0678. The van der Waals surface area contributed by atoms with Crippen molar-refractivity contribution >= 4 is 16.9 Å². The van der Waals surface area contributed by atoms with E-state index in [1.54, 1.807) is 6.26 Å². The zero-order valence-corrected chi connectivity index (χ0v) is 11.5. The molecule has 0 spiro atoms. The number of aryl methyl sites for hydroxylation is 1. The van der Waals surface area contributed by atoms with Crippen molar-refractivity contribution in [3.63, 3.8) is 0 Å². The molecule has 2 aromatic rings. The first-order valence-electron chi connectivity index (χ1n) is 6.62. The van der Waals surface area contributed by atoms with Gasteiger partial charge in [-0.1, -0.05) is 11.6 Å². The maximum Gasteiger partial charge on any atom is 0.224 e. The summed E-state index contributed by atoms with van der Waals surface area (Å²) in [4.78, 5) is 11.8. The third-order valence-electron chi connectivity index (χ3n) is 2.96. The first-order valence-corrected chi connectivity index (χ1v) is 6.62. The molecule has 0 saturated carbocycles. The third kappa shape index (κ3) is 3.82. The van der Waals surface area contributed by atoms with Gasteiger partial charge in [-0.3, -0.25) is 4.79 Å². The van der Waals surface area contributed by atoms with E-state index in [-0.39, 0.29) is 18.9 Å². The molecule has 0 aliphatic carbocycles. The zero-order chi connectivity index (χ0) is 14.4. The number of hydrogen-bond acceptors (Lipinski definition) is 4. The van der Waals surface area contributed by atoms with Crippen molar-refractivity contribution in [2.45, 2.75) is 13.3 Å². The van der Waals surface area contributed by atoms with Crippen molar-refractivity contribution in [2.24, 2.45) is 0 Å². The zero-order valence-electron chi connectivity index (χ0n) is 11.5. The Bertz CT molecular complexity index is 576. The molecule has 1 aromatic heterocycles. The normalized spacial score (nSPS) is 10.9. The van der Waals surface area contributed by atoms with E-state index in [1.165, 1.54) is 0 Å². The minimum Gasteiger partial charge on any atom is -0.464 e. The van der Waals surface area contributed by atoms with Crippen LogP contribution in [0.5, 0.6) is 0 Å². The second kappa shape index (κ2) is 7.07. The van der Waals surface area contributed by atoms with E-state index in [0.29, 0.717) is 19.8 Å². The molecule has 20 heavy (non-hydrogen) atoms. The number of ether oxygens (including phenoxy) is 1. The van der Waals surface area contributed by atoms with Gasteiger partial charge in [0.25, 0.3) is 0 Å². The summed E-state index contributed by atoms with van der Waals surface area (Å²) in [6, 6.07) is 5.91. The number of nitrogens with one attached hydrogen (secondary N) is 1. The topological polar surface area (TPSA) is 71.7 Å². The highest BCUT2D eigenvalue weighted by Crippen LogP contribution is 2.22. The number of rotatable bonds is 7. The Kier molecular flexibility index (Phi) is 5.15. The van der Waals surface area contributed by atoms with E-state index >= 15 is 0 Å². The van der Waals surface area contributed by atoms with Crippen LogP contribution >= 0.6 is 0 Å². The predicted molar refractivity (Wildman–Crippen MR) is 75.6 cm³/mol. The van der Waals surface area contributed by atoms with E-state index in [1.807, 2.05) is 25.1 Å². The molecule has 1 aromatic carbocycles. The van der Waals surface area contributed by atoms with Crippen LogP contribution in [-0.2, 0) is 16.0 Å². The molecule has 5 nitrogen and oxygen atoms in total. The molecule has 0 unspecified atom stereocenters. The molecule has 2 rings (SSSR count). The molecule has 0 aliphatic heterocycles. The van der Waals surface area contributed by atoms with Gasteiger partial charge in [0, 0.05) is 17.5 Å². The molecule has 1 heterocycles. The van der Waals surface area contributed by atoms with Crippen LogP contribution in [0.3, 0.4) is 0 Å². The smallest absolute Gasteiger partial charge is 0.224 e. The van der Waals surface area contributed by atoms with Gasteiger partial charge in [0.15, 0.2) is 0 Å². The Morgan fingerprint density at radius 2 is 2.25 bits per heavy atom. The highest BCUT2D eigenvalue weighted by atomic mass is 16.5. The van der Waals surface area contributed by atoms with E-state index in [2.05, 4.69) is 5.32 Å². The first kappa shape index (κ1) is 14.6. The summed E-state index contributed by atoms with van der Waals surface area (Å²) >= 11 is 0. The van der Waals surface area contributed by atoms with Gasteiger partial charge in [0.2, 0.25) is 5.91 Å². The van der Waals surface area contributed by atoms with Gasteiger partial charge in [-0.2, -0.15) is 0 Å². The van der Waals surface area contributed by atoms with Crippen LogP contribution in [-0.4, -0.2) is 37.4 Å². The van der Waals surface area contributed by atoms with Gasteiger partial charge in [0.1, 0.15) is 5.58 Å². The maximum absolute atomic E-state index is 11.8. The summed E-state index contributed by atoms with van der Waals surface area (Å²) < 4.78 is 10.5. The molecule has 0 aliphatic rings. The van der Waals surface area contributed by atoms with Crippen molar-refractivity contribution in [1.29, 1.82) is 0 Å². The summed E-state index contributed by atoms with van der Waals surface area (Å²) in [6.07, 6.45) is 1.92. The average molecular weight is 277 g/mol. The van der Waals surface area contributed by atoms with Gasteiger partial charge in [-0.05, 0) is 19.1 Å². The molecule has 108 valence electrons. The molecule has 1 amide bonds. The summed E-state index contributed by atoms with van der Waals surface area (Å²) in [5.74, 6) is -0.0678. The Hall–Kier alpha value is -1.85. The molecule has 0 bridgehead atoms. The maximum atomic E-state index is 11.8. The van der Waals surface area contributed by atoms with Crippen molar-refractivity contribution in [3.8, 4) is 0 Å². The third-order valence-corrected chi connectivity index (χ3v) is 2.96. The van der Waals surface area contributed by atoms with Crippen molar-refractivity contribution < 1.29 is 19.1 Å².